The molecule has 1 atom stereocenters. The molecule has 0 saturated carbocycles. The molecule has 7 heteroatoms. The lowest BCUT2D eigenvalue weighted by molar-refractivity contribution is -0.172. The lowest BCUT2D eigenvalue weighted by Crippen LogP contribution is -2.41. The fourth-order valence-corrected chi connectivity index (χ4v) is 2.04. The Morgan fingerprint density at radius 1 is 1.63 bits per heavy atom. The average molecular weight is 267 g/mol. The number of cyclic esters (lactones) is 1. The standard InChI is InChI=1S/C12H13NO6/c1-3-12(17)7-4-8(10(14)15)13-9(18-2)6(7)5-19-11(12)16/h4,17H,3,5H2,1-2H3,(H,14,15)/t12-/m0/s1. The van der Waals surface area contributed by atoms with Crippen molar-refractivity contribution in [1.29, 1.82) is 0 Å². The van der Waals surface area contributed by atoms with E-state index < -0.39 is 17.5 Å². The van der Waals surface area contributed by atoms with Gasteiger partial charge in [0, 0.05) is 5.56 Å². The van der Waals surface area contributed by atoms with Crippen LogP contribution in [0.4, 0.5) is 0 Å². The van der Waals surface area contributed by atoms with Crippen LogP contribution in [0.1, 0.15) is 35.0 Å². The lowest BCUT2D eigenvalue weighted by atomic mass is 9.86. The summed E-state index contributed by atoms with van der Waals surface area (Å²) in [5.41, 5.74) is -1.60. The molecule has 0 fully saturated rings. The minimum absolute atomic E-state index is 0.0364. The molecule has 0 spiro atoms. The van der Waals surface area contributed by atoms with Gasteiger partial charge in [0.15, 0.2) is 11.3 Å². The topological polar surface area (TPSA) is 106 Å². The number of aromatic nitrogens is 1. The van der Waals surface area contributed by atoms with E-state index in [1.165, 1.54) is 13.2 Å². The summed E-state index contributed by atoms with van der Waals surface area (Å²) in [4.78, 5) is 26.5. The van der Waals surface area contributed by atoms with E-state index in [9.17, 15) is 14.7 Å². The molecule has 0 bridgehead atoms. The van der Waals surface area contributed by atoms with Crippen LogP contribution in [-0.2, 0) is 21.7 Å². The Morgan fingerprint density at radius 3 is 2.84 bits per heavy atom. The summed E-state index contributed by atoms with van der Waals surface area (Å²) in [5.74, 6) is -2.03. The van der Waals surface area contributed by atoms with Crippen LogP contribution in [-0.4, -0.2) is 34.2 Å². The van der Waals surface area contributed by atoms with Crippen LogP contribution < -0.4 is 4.74 Å². The maximum Gasteiger partial charge on any atom is 0.354 e. The van der Waals surface area contributed by atoms with Crippen molar-refractivity contribution in [1.82, 2.24) is 4.98 Å². The molecular formula is C12H13NO6. The first-order chi connectivity index (χ1) is 8.93. The minimum Gasteiger partial charge on any atom is -0.481 e. The fourth-order valence-electron chi connectivity index (χ4n) is 2.04. The molecule has 1 aliphatic heterocycles. The summed E-state index contributed by atoms with van der Waals surface area (Å²) >= 11 is 0. The number of carboxylic acids is 1. The lowest BCUT2D eigenvalue weighted by Gasteiger charge is -2.32. The third-order valence-electron chi connectivity index (χ3n) is 3.14. The maximum absolute atomic E-state index is 11.7. The summed E-state index contributed by atoms with van der Waals surface area (Å²) < 4.78 is 9.90. The number of methoxy groups -OCH3 is 1. The second kappa shape index (κ2) is 4.51. The van der Waals surface area contributed by atoms with Crippen molar-refractivity contribution in [2.45, 2.75) is 25.6 Å². The van der Waals surface area contributed by atoms with Crippen molar-refractivity contribution in [3.63, 3.8) is 0 Å². The van der Waals surface area contributed by atoms with E-state index in [2.05, 4.69) is 4.98 Å². The number of hydrogen-bond acceptors (Lipinski definition) is 6. The zero-order valence-electron chi connectivity index (χ0n) is 10.5. The van der Waals surface area contributed by atoms with E-state index in [0.29, 0.717) is 5.56 Å². The quantitative estimate of drug-likeness (QED) is 0.765. The summed E-state index contributed by atoms with van der Waals surface area (Å²) in [6, 6.07) is 1.18. The number of hydrogen-bond donors (Lipinski definition) is 2. The van der Waals surface area contributed by atoms with E-state index >= 15 is 0 Å². The Labute approximate surface area is 108 Å². The van der Waals surface area contributed by atoms with Crippen LogP contribution in [0.3, 0.4) is 0 Å². The average Bonchev–Trinajstić information content (AvgIpc) is 2.41. The molecule has 102 valence electrons. The smallest absolute Gasteiger partial charge is 0.354 e. The van der Waals surface area contributed by atoms with Crippen molar-refractivity contribution < 1.29 is 29.3 Å². The molecule has 2 heterocycles. The van der Waals surface area contributed by atoms with Gasteiger partial charge in [-0.15, -0.1) is 0 Å². The zero-order valence-corrected chi connectivity index (χ0v) is 10.5. The molecule has 0 saturated heterocycles. The minimum atomic E-state index is -1.87. The molecule has 0 unspecified atom stereocenters. The molecule has 2 rings (SSSR count). The number of aromatic carboxylic acids is 1. The van der Waals surface area contributed by atoms with Crippen LogP contribution in [0.25, 0.3) is 0 Å². The number of carboxylic acid groups (broad SMARTS) is 1. The van der Waals surface area contributed by atoms with Crippen molar-refractivity contribution in [3.8, 4) is 5.88 Å². The van der Waals surface area contributed by atoms with Crippen molar-refractivity contribution >= 4 is 11.9 Å². The number of pyridine rings is 1. The van der Waals surface area contributed by atoms with Crippen molar-refractivity contribution in [3.05, 3.63) is 22.9 Å². The number of carbonyl (C=O) groups excluding carboxylic acids is 1. The Balaban J connectivity index is 2.72. The first-order valence-corrected chi connectivity index (χ1v) is 5.65. The number of aliphatic hydroxyl groups is 1. The summed E-state index contributed by atoms with van der Waals surface area (Å²) in [5, 5.41) is 19.4. The molecule has 0 aromatic carbocycles. The van der Waals surface area contributed by atoms with Gasteiger partial charge >= 0.3 is 11.9 Å². The normalized spacial score (nSPS) is 21.5. The molecule has 1 aliphatic rings. The second-order valence-electron chi connectivity index (χ2n) is 4.14. The van der Waals surface area contributed by atoms with E-state index in [1.807, 2.05) is 0 Å². The van der Waals surface area contributed by atoms with Gasteiger partial charge in [-0.3, -0.25) is 0 Å². The van der Waals surface area contributed by atoms with Gasteiger partial charge in [-0.25, -0.2) is 14.6 Å². The highest BCUT2D eigenvalue weighted by Gasteiger charge is 2.44. The molecule has 0 radical (unpaired) electrons. The number of nitrogens with zero attached hydrogens (tertiary/aromatic N) is 1. The number of carbonyl (C=O) groups is 2. The molecular weight excluding hydrogens is 254 g/mol. The molecule has 2 N–H and O–H groups in total. The van der Waals surface area contributed by atoms with Gasteiger partial charge in [0.1, 0.15) is 6.61 Å². The first kappa shape index (κ1) is 13.3. The van der Waals surface area contributed by atoms with Crippen LogP contribution in [0.2, 0.25) is 0 Å². The van der Waals surface area contributed by atoms with Crippen LogP contribution in [0.5, 0.6) is 5.88 Å². The summed E-state index contributed by atoms with van der Waals surface area (Å²) in [6.45, 7) is 1.50. The largest absolute Gasteiger partial charge is 0.481 e. The zero-order chi connectivity index (χ0) is 14.2. The number of ether oxygens (including phenoxy) is 2. The Kier molecular flexibility index (Phi) is 3.15. The Hall–Kier alpha value is -2.15. The van der Waals surface area contributed by atoms with Crippen LogP contribution >= 0.6 is 0 Å². The van der Waals surface area contributed by atoms with Gasteiger partial charge in [-0.1, -0.05) is 6.92 Å². The van der Waals surface area contributed by atoms with E-state index in [4.69, 9.17) is 14.6 Å². The third-order valence-corrected chi connectivity index (χ3v) is 3.14. The molecule has 1 aromatic heterocycles. The van der Waals surface area contributed by atoms with Gasteiger partial charge in [0.2, 0.25) is 5.88 Å². The van der Waals surface area contributed by atoms with E-state index in [-0.39, 0.29) is 30.2 Å². The SMILES string of the molecule is CC[C@@]1(O)C(=O)OCc2c1cc(C(=O)O)nc2OC. The number of fused-ring (bicyclic) bond motifs is 1. The van der Waals surface area contributed by atoms with Crippen LogP contribution in [0.15, 0.2) is 6.07 Å². The Morgan fingerprint density at radius 2 is 2.32 bits per heavy atom. The molecule has 19 heavy (non-hydrogen) atoms. The molecule has 1 aromatic rings. The van der Waals surface area contributed by atoms with Gasteiger partial charge in [-0.05, 0) is 12.5 Å². The second-order valence-corrected chi connectivity index (χ2v) is 4.14. The highest BCUT2D eigenvalue weighted by atomic mass is 16.6. The number of esters is 1. The van der Waals surface area contributed by atoms with Gasteiger partial charge in [0.05, 0.1) is 12.7 Å². The predicted octanol–water partition coefficient (Wildman–Crippen LogP) is 0.443. The maximum atomic E-state index is 11.7. The van der Waals surface area contributed by atoms with Gasteiger partial charge in [-0.2, -0.15) is 0 Å². The highest BCUT2D eigenvalue weighted by molar-refractivity contribution is 5.88. The van der Waals surface area contributed by atoms with Gasteiger partial charge in [0.25, 0.3) is 0 Å². The fraction of sp³-hybridized carbons (Fsp3) is 0.417. The highest BCUT2D eigenvalue weighted by Crippen LogP contribution is 2.38. The first-order valence-electron chi connectivity index (χ1n) is 5.65. The third kappa shape index (κ3) is 1.91. The molecule has 0 amide bonds. The van der Waals surface area contributed by atoms with Crippen LogP contribution in [0, 0.1) is 0 Å². The molecule has 7 nitrogen and oxygen atoms in total. The Bertz CT molecular complexity index is 555. The van der Waals surface area contributed by atoms with E-state index in [0.717, 1.165) is 0 Å². The monoisotopic (exact) mass is 267 g/mol. The number of rotatable bonds is 3. The summed E-state index contributed by atoms with van der Waals surface area (Å²) in [6.07, 6.45) is 0.0606. The van der Waals surface area contributed by atoms with Crippen molar-refractivity contribution in [2.75, 3.05) is 7.11 Å². The molecule has 0 aliphatic carbocycles. The van der Waals surface area contributed by atoms with Crippen molar-refractivity contribution in [2.24, 2.45) is 0 Å². The summed E-state index contributed by atoms with van der Waals surface area (Å²) in [7, 11) is 1.33. The van der Waals surface area contributed by atoms with Gasteiger partial charge < -0.3 is 19.7 Å². The predicted molar refractivity (Wildman–Crippen MR) is 61.7 cm³/mol. The van der Waals surface area contributed by atoms with E-state index in [1.54, 1.807) is 6.92 Å².